The maximum atomic E-state index is 11.7. The first kappa shape index (κ1) is 11.5. The number of carbonyl (C=O) groups excluding carboxylic acids is 1. The maximum Gasteiger partial charge on any atom is 0.233 e. The first-order chi connectivity index (χ1) is 7.83. The summed E-state index contributed by atoms with van der Waals surface area (Å²) in [5, 5.41) is 0.0411. The lowest BCUT2D eigenvalue weighted by molar-refractivity contribution is -0.128. The molecule has 88 valence electrons. The molecule has 0 saturated carbocycles. The summed E-state index contributed by atoms with van der Waals surface area (Å²) >= 11 is 1.62. The Balaban J connectivity index is 1.99. The van der Waals surface area contributed by atoms with Gasteiger partial charge in [0.15, 0.2) is 0 Å². The standard InChI is InChI=1S/C11H15NO3S/c1-14-6-3-5-12-10(13)8-16-11(12)9-4-2-7-15-9/h2,4,7,11H,3,5-6,8H2,1H3. The smallest absolute Gasteiger partial charge is 0.233 e. The van der Waals surface area contributed by atoms with Gasteiger partial charge in [-0.25, -0.2) is 0 Å². The van der Waals surface area contributed by atoms with E-state index in [4.69, 9.17) is 9.15 Å². The SMILES string of the molecule is COCCCN1C(=O)CSC1c1ccco1. The molecule has 1 aromatic heterocycles. The van der Waals surface area contributed by atoms with Crippen LogP contribution in [0.4, 0.5) is 0 Å². The van der Waals surface area contributed by atoms with Crippen molar-refractivity contribution in [3.8, 4) is 0 Å². The molecule has 0 spiro atoms. The van der Waals surface area contributed by atoms with Crippen LogP contribution in [-0.2, 0) is 9.53 Å². The fourth-order valence-electron chi connectivity index (χ4n) is 1.74. The second-order valence-electron chi connectivity index (χ2n) is 3.61. The van der Waals surface area contributed by atoms with Crippen LogP contribution in [0.25, 0.3) is 0 Å². The van der Waals surface area contributed by atoms with Crippen molar-refractivity contribution in [2.45, 2.75) is 11.8 Å². The Bertz CT molecular complexity index is 339. The number of nitrogens with zero attached hydrogens (tertiary/aromatic N) is 1. The molecule has 1 atom stereocenters. The molecule has 2 heterocycles. The van der Waals surface area contributed by atoms with Gasteiger partial charge in [0.05, 0.1) is 12.0 Å². The molecule has 16 heavy (non-hydrogen) atoms. The summed E-state index contributed by atoms with van der Waals surface area (Å²) in [6.45, 7) is 1.41. The number of amides is 1. The Morgan fingerprint density at radius 1 is 1.69 bits per heavy atom. The van der Waals surface area contributed by atoms with E-state index in [1.807, 2.05) is 17.0 Å². The molecule has 1 amide bonds. The molecule has 1 unspecified atom stereocenters. The molecule has 1 aliphatic heterocycles. The van der Waals surface area contributed by atoms with E-state index in [1.165, 1.54) is 0 Å². The topological polar surface area (TPSA) is 42.7 Å². The quantitative estimate of drug-likeness (QED) is 0.738. The molecule has 1 aliphatic rings. The van der Waals surface area contributed by atoms with Gasteiger partial charge in [-0.1, -0.05) is 0 Å². The lowest BCUT2D eigenvalue weighted by Gasteiger charge is -2.21. The van der Waals surface area contributed by atoms with Gasteiger partial charge in [0, 0.05) is 20.3 Å². The minimum atomic E-state index is 0.0411. The molecule has 2 rings (SSSR count). The molecule has 1 fully saturated rings. The third kappa shape index (κ3) is 2.41. The van der Waals surface area contributed by atoms with Gasteiger partial charge in [-0.3, -0.25) is 4.79 Å². The van der Waals surface area contributed by atoms with Gasteiger partial charge < -0.3 is 14.1 Å². The number of furan rings is 1. The van der Waals surface area contributed by atoms with E-state index in [9.17, 15) is 4.79 Å². The van der Waals surface area contributed by atoms with E-state index < -0.39 is 0 Å². The van der Waals surface area contributed by atoms with Crippen molar-refractivity contribution >= 4 is 17.7 Å². The van der Waals surface area contributed by atoms with Gasteiger partial charge in [0.2, 0.25) is 5.91 Å². The Morgan fingerprint density at radius 2 is 2.56 bits per heavy atom. The molecular formula is C11H15NO3S. The lowest BCUT2D eigenvalue weighted by Crippen LogP contribution is -2.29. The Labute approximate surface area is 98.9 Å². The highest BCUT2D eigenvalue weighted by atomic mass is 32.2. The summed E-state index contributed by atoms with van der Waals surface area (Å²) in [6, 6.07) is 3.77. The van der Waals surface area contributed by atoms with Crippen molar-refractivity contribution in [1.29, 1.82) is 0 Å². The molecule has 0 N–H and O–H groups in total. The molecule has 0 aliphatic carbocycles. The van der Waals surface area contributed by atoms with Gasteiger partial charge in [0.1, 0.15) is 11.1 Å². The van der Waals surface area contributed by atoms with Crippen molar-refractivity contribution in [2.75, 3.05) is 26.0 Å². The fraction of sp³-hybridized carbons (Fsp3) is 0.545. The highest BCUT2D eigenvalue weighted by Gasteiger charge is 2.33. The monoisotopic (exact) mass is 241 g/mol. The van der Waals surface area contributed by atoms with Crippen molar-refractivity contribution in [1.82, 2.24) is 4.90 Å². The first-order valence-corrected chi connectivity index (χ1v) is 6.31. The minimum Gasteiger partial charge on any atom is -0.466 e. The van der Waals surface area contributed by atoms with Crippen LogP contribution in [0.2, 0.25) is 0 Å². The number of ether oxygens (including phenoxy) is 1. The van der Waals surface area contributed by atoms with Crippen LogP contribution in [-0.4, -0.2) is 36.8 Å². The summed E-state index contributed by atoms with van der Waals surface area (Å²) in [5.74, 6) is 1.58. The van der Waals surface area contributed by atoms with Crippen molar-refractivity contribution in [3.05, 3.63) is 24.2 Å². The number of carbonyl (C=O) groups is 1. The predicted octanol–water partition coefficient (Wildman–Crippen LogP) is 1.89. The average molecular weight is 241 g/mol. The van der Waals surface area contributed by atoms with Crippen LogP contribution in [0.15, 0.2) is 22.8 Å². The first-order valence-electron chi connectivity index (χ1n) is 5.26. The van der Waals surface area contributed by atoms with Crippen LogP contribution < -0.4 is 0 Å². The second-order valence-corrected chi connectivity index (χ2v) is 4.68. The maximum absolute atomic E-state index is 11.7. The summed E-state index contributed by atoms with van der Waals surface area (Å²) in [6.07, 6.45) is 2.51. The van der Waals surface area contributed by atoms with Gasteiger partial charge in [-0.2, -0.15) is 0 Å². The Kier molecular flexibility index (Phi) is 3.90. The second kappa shape index (κ2) is 5.41. The zero-order chi connectivity index (χ0) is 11.4. The highest BCUT2D eigenvalue weighted by molar-refractivity contribution is 8.00. The Morgan fingerprint density at radius 3 is 3.25 bits per heavy atom. The number of hydrogen-bond donors (Lipinski definition) is 0. The summed E-state index contributed by atoms with van der Waals surface area (Å²) in [5.41, 5.74) is 0. The number of rotatable bonds is 5. The van der Waals surface area contributed by atoms with E-state index in [1.54, 1.807) is 25.1 Å². The summed E-state index contributed by atoms with van der Waals surface area (Å²) in [7, 11) is 1.67. The van der Waals surface area contributed by atoms with E-state index in [-0.39, 0.29) is 11.3 Å². The predicted molar refractivity (Wildman–Crippen MR) is 62.1 cm³/mol. The molecule has 0 aromatic carbocycles. The molecule has 1 saturated heterocycles. The molecule has 1 aromatic rings. The number of thioether (sulfide) groups is 1. The fourth-order valence-corrected chi connectivity index (χ4v) is 2.91. The van der Waals surface area contributed by atoms with E-state index >= 15 is 0 Å². The third-order valence-electron chi connectivity index (χ3n) is 2.50. The number of hydrogen-bond acceptors (Lipinski definition) is 4. The van der Waals surface area contributed by atoms with Crippen LogP contribution in [0.3, 0.4) is 0 Å². The van der Waals surface area contributed by atoms with Crippen molar-refractivity contribution < 1.29 is 13.9 Å². The molecule has 0 radical (unpaired) electrons. The van der Waals surface area contributed by atoms with Gasteiger partial charge in [0.25, 0.3) is 0 Å². The van der Waals surface area contributed by atoms with Gasteiger partial charge in [-0.15, -0.1) is 11.8 Å². The Hall–Kier alpha value is -0.940. The summed E-state index contributed by atoms with van der Waals surface area (Å²) < 4.78 is 10.4. The van der Waals surface area contributed by atoms with Crippen LogP contribution in [0, 0.1) is 0 Å². The van der Waals surface area contributed by atoms with Crippen molar-refractivity contribution in [3.63, 3.8) is 0 Å². The van der Waals surface area contributed by atoms with E-state index in [0.29, 0.717) is 12.4 Å². The molecule has 5 heteroatoms. The van der Waals surface area contributed by atoms with Crippen molar-refractivity contribution in [2.24, 2.45) is 0 Å². The average Bonchev–Trinajstić information content (AvgIpc) is 2.89. The summed E-state index contributed by atoms with van der Waals surface area (Å²) in [4.78, 5) is 13.6. The van der Waals surface area contributed by atoms with E-state index in [2.05, 4.69) is 0 Å². The zero-order valence-electron chi connectivity index (χ0n) is 9.22. The molecular weight excluding hydrogens is 226 g/mol. The number of methoxy groups -OCH3 is 1. The van der Waals surface area contributed by atoms with Crippen LogP contribution in [0.1, 0.15) is 17.6 Å². The van der Waals surface area contributed by atoms with E-state index in [0.717, 1.165) is 18.7 Å². The minimum absolute atomic E-state index is 0.0411. The third-order valence-corrected chi connectivity index (χ3v) is 3.72. The zero-order valence-corrected chi connectivity index (χ0v) is 10.0. The largest absolute Gasteiger partial charge is 0.466 e. The molecule has 4 nitrogen and oxygen atoms in total. The van der Waals surface area contributed by atoms with Gasteiger partial charge in [-0.05, 0) is 18.6 Å². The van der Waals surface area contributed by atoms with Crippen LogP contribution >= 0.6 is 11.8 Å². The van der Waals surface area contributed by atoms with Crippen LogP contribution in [0.5, 0.6) is 0 Å². The lowest BCUT2D eigenvalue weighted by atomic mass is 10.3. The molecule has 0 bridgehead atoms. The highest BCUT2D eigenvalue weighted by Crippen LogP contribution is 2.38. The normalized spacial score (nSPS) is 20.7. The van der Waals surface area contributed by atoms with Gasteiger partial charge >= 0.3 is 0 Å².